The molecule has 1 atom stereocenters. The number of anilines is 1. The van der Waals surface area contributed by atoms with Crippen molar-refractivity contribution in [1.29, 1.82) is 0 Å². The average Bonchev–Trinajstić information content (AvgIpc) is 2.63. The molecule has 0 saturated carbocycles. The van der Waals surface area contributed by atoms with Crippen molar-refractivity contribution in [2.24, 2.45) is 0 Å². The van der Waals surface area contributed by atoms with Crippen LogP contribution in [-0.4, -0.2) is 29.4 Å². The van der Waals surface area contributed by atoms with Crippen molar-refractivity contribution in [3.8, 4) is 5.75 Å². The summed E-state index contributed by atoms with van der Waals surface area (Å²) in [5.41, 5.74) is 0.407. The predicted molar refractivity (Wildman–Crippen MR) is 96.3 cm³/mol. The lowest BCUT2D eigenvalue weighted by Crippen LogP contribution is -2.41. The third-order valence-electron chi connectivity index (χ3n) is 3.50. The summed E-state index contributed by atoms with van der Waals surface area (Å²) < 4.78 is 5.44. The number of ether oxygens (including phenoxy) is 1. The Balaban J connectivity index is 2.04. The van der Waals surface area contributed by atoms with Crippen molar-refractivity contribution in [2.75, 3.05) is 11.9 Å². The molecule has 0 aliphatic heterocycles. The molecule has 0 aromatic heterocycles. The van der Waals surface area contributed by atoms with E-state index in [1.807, 2.05) is 6.92 Å². The summed E-state index contributed by atoms with van der Waals surface area (Å²) in [5.74, 6) is -0.481. The smallest absolute Gasteiger partial charge is 0.270 e. The van der Waals surface area contributed by atoms with E-state index >= 15 is 0 Å². The summed E-state index contributed by atoms with van der Waals surface area (Å²) in [4.78, 5) is 34.7. The summed E-state index contributed by atoms with van der Waals surface area (Å²) in [6.45, 7) is 3.81. The van der Waals surface area contributed by atoms with Crippen molar-refractivity contribution in [3.05, 3.63) is 64.2 Å². The predicted octanol–water partition coefficient (Wildman–Crippen LogP) is 2.75. The van der Waals surface area contributed by atoms with Gasteiger partial charge in [-0.2, -0.15) is 0 Å². The number of para-hydroxylation sites is 2. The molecule has 0 aliphatic carbocycles. The first-order chi connectivity index (χ1) is 12.4. The number of non-ortho nitro benzene ring substituents is 1. The molecule has 2 aromatic rings. The van der Waals surface area contributed by atoms with Crippen molar-refractivity contribution < 1.29 is 19.2 Å². The molecule has 136 valence electrons. The van der Waals surface area contributed by atoms with Crippen LogP contribution in [0, 0.1) is 10.1 Å². The lowest BCUT2D eigenvalue weighted by molar-refractivity contribution is -0.384. The minimum atomic E-state index is -0.851. The van der Waals surface area contributed by atoms with Crippen LogP contribution in [0.4, 0.5) is 11.4 Å². The van der Waals surface area contributed by atoms with Gasteiger partial charge in [-0.1, -0.05) is 18.2 Å². The number of nitro groups is 1. The van der Waals surface area contributed by atoms with Crippen LogP contribution < -0.4 is 15.4 Å². The van der Waals surface area contributed by atoms with Gasteiger partial charge in [0.2, 0.25) is 5.91 Å². The van der Waals surface area contributed by atoms with Gasteiger partial charge in [0, 0.05) is 17.7 Å². The second-order valence-electron chi connectivity index (χ2n) is 5.42. The summed E-state index contributed by atoms with van der Waals surface area (Å²) in [7, 11) is 0. The number of nitro benzene ring substituents is 1. The lowest BCUT2D eigenvalue weighted by atomic mass is 10.1. The van der Waals surface area contributed by atoms with Crippen LogP contribution in [0.25, 0.3) is 0 Å². The van der Waals surface area contributed by atoms with Gasteiger partial charge in [0.25, 0.3) is 11.6 Å². The zero-order valence-electron chi connectivity index (χ0n) is 14.4. The Hall–Kier alpha value is -3.42. The third kappa shape index (κ3) is 4.79. The van der Waals surface area contributed by atoms with E-state index in [0.717, 1.165) is 6.07 Å². The van der Waals surface area contributed by atoms with Crippen LogP contribution in [0.3, 0.4) is 0 Å². The number of hydrogen-bond acceptors (Lipinski definition) is 5. The molecule has 0 aliphatic rings. The average molecular weight is 357 g/mol. The van der Waals surface area contributed by atoms with Crippen molar-refractivity contribution in [2.45, 2.75) is 19.9 Å². The van der Waals surface area contributed by atoms with Crippen LogP contribution in [0.1, 0.15) is 24.2 Å². The molecular weight excluding hydrogens is 338 g/mol. The Morgan fingerprint density at radius 1 is 1.19 bits per heavy atom. The number of nitrogens with one attached hydrogen (secondary N) is 2. The van der Waals surface area contributed by atoms with Crippen LogP contribution in [0.5, 0.6) is 5.75 Å². The fraction of sp³-hybridized carbons (Fsp3) is 0.222. The second kappa shape index (κ2) is 8.61. The number of carbonyl (C=O) groups excluding carboxylic acids is 2. The van der Waals surface area contributed by atoms with Crippen molar-refractivity contribution in [1.82, 2.24) is 5.32 Å². The Kier molecular flexibility index (Phi) is 6.26. The third-order valence-corrected chi connectivity index (χ3v) is 3.50. The van der Waals surface area contributed by atoms with Crippen LogP contribution in [0.15, 0.2) is 48.5 Å². The number of benzene rings is 2. The highest BCUT2D eigenvalue weighted by Gasteiger charge is 2.19. The fourth-order valence-electron chi connectivity index (χ4n) is 2.20. The van der Waals surface area contributed by atoms with Crippen LogP contribution >= 0.6 is 0 Å². The van der Waals surface area contributed by atoms with E-state index in [9.17, 15) is 19.7 Å². The van der Waals surface area contributed by atoms with Gasteiger partial charge in [0.05, 0.1) is 17.2 Å². The van der Waals surface area contributed by atoms with Gasteiger partial charge >= 0.3 is 0 Å². The normalized spacial score (nSPS) is 11.3. The van der Waals surface area contributed by atoms with Gasteiger partial charge in [-0.3, -0.25) is 19.7 Å². The maximum Gasteiger partial charge on any atom is 0.270 e. The number of nitrogens with zero attached hydrogens (tertiary/aromatic N) is 1. The van der Waals surface area contributed by atoms with Gasteiger partial charge < -0.3 is 15.4 Å². The Bertz CT molecular complexity index is 822. The SMILES string of the molecule is CCOc1ccccc1NC(=O)[C@H](C)NC(=O)c1cccc([N+](=O)[O-])c1. The standard InChI is InChI=1S/C18H19N3O5/c1-3-26-16-10-5-4-9-15(16)20-17(22)12(2)19-18(23)13-7-6-8-14(11-13)21(24)25/h4-12H,3H2,1-2H3,(H,19,23)(H,20,22)/t12-/m0/s1. The van der Waals surface area contributed by atoms with E-state index in [1.54, 1.807) is 24.3 Å². The van der Waals surface area contributed by atoms with Crippen molar-refractivity contribution >= 4 is 23.2 Å². The highest BCUT2D eigenvalue weighted by molar-refractivity contribution is 6.01. The molecule has 0 saturated heterocycles. The molecule has 0 unspecified atom stereocenters. The van der Waals surface area contributed by atoms with Crippen molar-refractivity contribution in [3.63, 3.8) is 0 Å². The van der Waals surface area contributed by atoms with E-state index in [2.05, 4.69) is 10.6 Å². The van der Waals surface area contributed by atoms with E-state index in [4.69, 9.17) is 4.74 Å². The number of amides is 2. The molecule has 2 aromatic carbocycles. The summed E-state index contributed by atoms with van der Waals surface area (Å²) in [5, 5.41) is 16.0. The highest BCUT2D eigenvalue weighted by atomic mass is 16.6. The molecule has 0 fully saturated rings. The summed E-state index contributed by atoms with van der Waals surface area (Å²) >= 11 is 0. The number of hydrogen-bond donors (Lipinski definition) is 2. The maximum absolute atomic E-state index is 12.3. The van der Waals surface area contributed by atoms with Gasteiger partial charge in [0.1, 0.15) is 11.8 Å². The summed E-state index contributed by atoms with van der Waals surface area (Å²) in [6.07, 6.45) is 0. The quantitative estimate of drug-likeness (QED) is 0.585. The van der Waals surface area contributed by atoms with Crippen LogP contribution in [0.2, 0.25) is 0 Å². The zero-order chi connectivity index (χ0) is 19.1. The van der Waals surface area contributed by atoms with Gasteiger partial charge in [-0.15, -0.1) is 0 Å². The topological polar surface area (TPSA) is 111 Å². The Morgan fingerprint density at radius 3 is 2.62 bits per heavy atom. The van der Waals surface area contributed by atoms with E-state index < -0.39 is 22.8 Å². The summed E-state index contributed by atoms with van der Waals surface area (Å²) in [6, 6.07) is 11.4. The van der Waals surface area contributed by atoms with Crippen LogP contribution in [-0.2, 0) is 4.79 Å². The maximum atomic E-state index is 12.3. The molecule has 2 amide bonds. The number of carbonyl (C=O) groups is 2. The first-order valence-corrected chi connectivity index (χ1v) is 8.00. The van der Waals surface area contributed by atoms with Gasteiger partial charge in [0.15, 0.2) is 0 Å². The lowest BCUT2D eigenvalue weighted by Gasteiger charge is -2.16. The second-order valence-corrected chi connectivity index (χ2v) is 5.42. The fourth-order valence-corrected chi connectivity index (χ4v) is 2.20. The Morgan fingerprint density at radius 2 is 1.92 bits per heavy atom. The minimum Gasteiger partial charge on any atom is -0.492 e. The monoisotopic (exact) mass is 357 g/mol. The Labute approximate surface area is 150 Å². The molecular formula is C18H19N3O5. The van der Waals surface area contributed by atoms with Gasteiger partial charge in [-0.25, -0.2) is 0 Å². The van der Waals surface area contributed by atoms with E-state index in [0.29, 0.717) is 18.0 Å². The first kappa shape index (κ1) is 18.9. The number of rotatable bonds is 7. The van der Waals surface area contributed by atoms with Gasteiger partial charge in [-0.05, 0) is 32.0 Å². The molecule has 26 heavy (non-hydrogen) atoms. The molecule has 8 nitrogen and oxygen atoms in total. The van der Waals surface area contributed by atoms with E-state index in [-0.39, 0.29) is 11.3 Å². The highest BCUT2D eigenvalue weighted by Crippen LogP contribution is 2.23. The largest absolute Gasteiger partial charge is 0.492 e. The molecule has 0 heterocycles. The molecule has 2 rings (SSSR count). The zero-order valence-corrected chi connectivity index (χ0v) is 14.4. The molecule has 0 spiro atoms. The van der Waals surface area contributed by atoms with E-state index in [1.165, 1.54) is 25.1 Å². The molecule has 8 heteroatoms. The molecule has 2 N–H and O–H groups in total. The minimum absolute atomic E-state index is 0.105. The first-order valence-electron chi connectivity index (χ1n) is 8.00. The molecule has 0 bridgehead atoms. The molecule has 0 radical (unpaired) electrons.